The third-order valence-electron chi connectivity index (χ3n) is 1.98. The molecule has 0 aliphatic rings. The number of amides is 1. The summed E-state index contributed by atoms with van der Waals surface area (Å²) in [6, 6.07) is 10.6. The highest BCUT2D eigenvalue weighted by Gasteiger charge is 2.11. The maximum atomic E-state index is 9.85. The number of aliphatic hydroxyl groups excluding tert-OH is 1. The SMILES string of the molecule is CC(C)(C)c1ccccc1.NC(=O)CSCO. The van der Waals surface area contributed by atoms with Crippen molar-refractivity contribution < 1.29 is 9.90 Å². The molecule has 0 atom stereocenters. The minimum absolute atomic E-state index is 0.0388. The van der Waals surface area contributed by atoms with Gasteiger partial charge in [-0.25, -0.2) is 0 Å². The van der Waals surface area contributed by atoms with Crippen molar-refractivity contribution in [3.05, 3.63) is 35.9 Å². The molecule has 0 aliphatic heterocycles. The van der Waals surface area contributed by atoms with Gasteiger partial charge in [0.2, 0.25) is 5.91 Å². The van der Waals surface area contributed by atoms with Crippen LogP contribution in [0.2, 0.25) is 0 Å². The molecule has 1 amide bonds. The first-order chi connectivity index (χ1) is 7.88. The van der Waals surface area contributed by atoms with Gasteiger partial charge in [-0.3, -0.25) is 4.79 Å². The molecule has 0 spiro atoms. The van der Waals surface area contributed by atoms with Crippen molar-refractivity contribution in [1.82, 2.24) is 0 Å². The highest BCUT2D eigenvalue weighted by molar-refractivity contribution is 7.99. The third kappa shape index (κ3) is 8.77. The number of nitrogens with two attached hydrogens (primary N) is 1. The summed E-state index contributed by atoms with van der Waals surface area (Å²) in [6.45, 7) is 6.67. The van der Waals surface area contributed by atoms with Gasteiger partial charge in [-0.15, -0.1) is 11.8 Å². The number of benzene rings is 1. The standard InChI is InChI=1S/C10H14.C3H7NO2S/c1-10(2,3)9-7-5-4-6-8-9;4-3(6)1-7-2-5/h4-8H,1-3H3;5H,1-2H2,(H2,4,6). The summed E-state index contributed by atoms with van der Waals surface area (Å²) in [5.74, 6) is -0.224. The van der Waals surface area contributed by atoms with E-state index in [1.807, 2.05) is 0 Å². The highest BCUT2D eigenvalue weighted by atomic mass is 32.2. The van der Waals surface area contributed by atoms with Gasteiger partial charge in [0.25, 0.3) is 0 Å². The van der Waals surface area contributed by atoms with E-state index in [0.717, 1.165) is 11.8 Å². The van der Waals surface area contributed by atoms with E-state index >= 15 is 0 Å². The second kappa shape index (κ2) is 8.14. The minimum atomic E-state index is -0.390. The number of hydrogen-bond acceptors (Lipinski definition) is 3. The third-order valence-corrected chi connectivity index (χ3v) is 2.65. The van der Waals surface area contributed by atoms with Crippen molar-refractivity contribution in [3.8, 4) is 0 Å². The first-order valence-electron chi connectivity index (χ1n) is 5.40. The van der Waals surface area contributed by atoms with Crippen LogP contribution in [0.3, 0.4) is 0 Å². The predicted octanol–water partition coefficient (Wildman–Crippen LogP) is 2.14. The van der Waals surface area contributed by atoms with E-state index < -0.39 is 0 Å². The maximum absolute atomic E-state index is 9.85. The monoisotopic (exact) mass is 255 g/mol. The van der Waals surface area contributed by atoms with E-state index in [1.165, 1.54) is 5.56 Å². The quantitative estimate of drug-likeness (QED) is 0.813. The smallest absolute Gasteiger partial charge is 0.227 e. The van der Waals surface area contributed by atoms with Gasteiger partial charge in [-0.2, -0.15) is 0 Å². The highest BCUT2D eigenvalue weighted by Crippen LogP contribution is 2.20. The maximum Gasteiger partial charge on any atom is 0.227 e. The summed E-state index contributed by atoms with van der Waals surface area (Å²) >= 11 is 1.10. The Bertz CT molecular complexity index is 320. The van der Waals surface area contributed by atoms with Crippen LogP contribution in [0.25, 0.3) is 0 Å². The van der Waals surface area contributed by atoms with Crippen LogP contribution in [0.5, 0.6) is 0 Å². The number of hydrogen-bond donors (Lipinski definition) is 2. The van der Waals surface area contributed by atoms with Crippen molar-refractivity contribution in [1.29, 1.82) is 0 Å². The lowest BCUT2D eigenvalue weighted by Crippen LogP contribution is -2.13. The molecule has 0 unspecified atom stereocenters. The molecule has 1 aromatic rings. The Morgan fingerprint density at radius 1 is 1.29 bits per heavy atom. The van der Waals surface area contributed by atoms with Crippen LogP contribution in [0.15, 0.2) is 30.3 Å². The zero-order valence-electron chi connectivity index (χ0n) is 10.6. The number of thioether (sulfide) groups is 1. The van der Waals surface area contributed by atoms with E-state index in [-0.39, 0.29) is 17.6 Å². The van der Waals surface area contributed by atoms with Gasteiger partial charge < -0.3 is 10.8 Å². The van der Waals surface area contributed by atoms with E-state index in [2.05, 4.69) is 51.1 Å². The van der Waals surface area contributed by atoms with Gasteiger partial charge in [0.1, 0.15) is 0 Å². The minimum Gasteiger partial charge on any atom is -0.386 e. The van der Waals surface area contributed by atoms with Crippen molar-refractivity contribution >= 4 is 17.7 Å². The van der Waals surface area contributed by atoms with E-state index in [0.29, 0.717) is 5.41 Å². The summed E-state index contributed by atoms with van der Waals surface area (Å²) in [6.07, 6.45) is 0. The number of carbonyl (C=O) groups is 1. The fourth-order valence-corrected chi connectivity index (χ4v) is 1.38. The Balaban J connectivity index is 0.000000325. The molecular formula is C13H21NO2S. The van der Waals surface area contributed by atoms with Gasteiger partial charge in [0, 0.05) is 0 Å². The molecule has 1 rings (SSSR count). The molecule has 0 saturated heterocycles. The van der Waals surface area contributed by atoms with Gasteiger partial charge in [-0.05, 0) is 11.0 Å². The second-order valence-electron chi connectivity index (χ2n) is 4.56. The Morgan fingerprint density at radius 2 is 1.82 bits per heavy atom. The number of rotatable bonds is 3. The number of aliphatic hydroxyl groups is 1. The first kappa shape index (κ1) is 16.0. The van der Waals surface area contributed by atoms with Crippen LogP contribution in [0.1, 0.15) is 26.3 Å². The molecule has 0 aromatic heterocycles. The molecule has 0 aliphatic carbocycles. The van der Waals surface area contributed by atoms with Gasteiger partial charge >= 0.3 is 0 Å². The summed E-state index contributed by atoms with van der Waals surface area (Å²) < 4.78 is 0. The van der Waals surface area contributed by atoms with Crippen molar-refractivity contribution in [2.75, 3.05) is 11.7 Å². The molecule has 0 fully saturated rings. The fourth-order valence-electron chi connectivity index (χ4n) is 1.08. The molecule has 17 heavy (non-hydrogen) atoms. The first-order valence-corrected chi connectivity index (χ1v) is 6.56. The Hall–Kier alpha value is -1.000. The van der Waals surface area contributed by atoms with E-state index in [1.54, 1.807) is 0 Å². The average molecular weight is 255 g/mol. The van der Waals surface area contributed by atoms with Crippen LogP contribution in [-0.2, 0) is 10.2 Å². The molecule has 0 bridgehead atoms. The average Bonchev–Trinajstić information content (AvgIpc) is 2.27. The molecule has 0 saturated carbocycles. The molecular weight excluding hydrogens is 234 g/mol. The molecule has 4 heteroatoms. The van der Waals surface area contributed by atoms with Crippen LogP contribution in [0, 0.1) is 0 Å². The van der Waals surface area contributed by atoms with Crippen LogP contribution < -0.4 is 5.73 Å². The normalized spacial score (nSPS) is 10.4. The van der Waals surface area contributed by atoms with Crippen LogP contribution in [0.4, 0.5) is 0 Å². The van der Waals surface area contributed by atoms with Crippen molar-refractivity contribution in [2.45, 2.75) is 26.2 Å². The van der Waals surface area contributed by atoms with Gasteiger partial charge in [0.05, 0.1) is 11.7 Å². The zero-order chi connectivity index (χ0) is 13.3. The van der Waals surface area contributed by atoms with E-state index in [9.17, 15) is 4.79 Å². The molecule has 1 aromatic carbocycles. The molecule has 3 N–H and O–H groups in total. The molecule has 3 nitrogen and oxygen atoms in total. The topological polar surface area (TPSA) is 63.3 Å². The summed E-state index contributed by atoms with van der Waals surface area (Å²) in [7, 11) is 0. The lowest BCUT2D eigenvalue weighted by Gasteiger charge is -2.18. The Kier molecular flexibility index (Phi) is 7.66. The van der Waals surface area contributed by atoms with Crippen LogP contribution >= 0.6 is 11.8 Å². The zero-order valence-corrected chi connectivity index (χ0v) is 11.5. The number of carbonyl (C=O) groups excluding carboxylic acids is 1. The molecule has 96 valence electrons. The molecule has 0 heterocycles. The summed E-state index contributed by atoms with van der Waals surface area (Å²) in [5.41, 5.74) is 6.40. The van der Waals surface area contributed by atoms with Gasteiger partial charge in [-0.1, -0.05) is 51.1 Å². The largest absolute Gasteiger partial charge is 0.386 e. The Morgan fingerprint density at radius 3 is 2.06 bits per heavy atom. The second-order valence-corrected chi connectivity index (χ2v) is 5.52. The summed E-state index contributed by atoms with van der Waals surface area (Å²) in [5, 5.41) is 8.07. The van der Waals surface area contributed by atoms with Crippen molar-refractivity contribution in [3.63, 3.8) is 0 Å². The van der Waals surface area contributed by atoms with Crippen LogP contribution in [-0.4, -0.2) is 22.7 Å². The summed E-state index contributed by atoms with van der Waals surface area (Å²) in [4.78, 5) is 9.85. The lowest BCUT2D eigenvalue weighted by atomic mass is 9.87. The number of primary amides is 1. The molecule has 0 radical (unpaired) electrons. The van der Waals surface area contributed by atoms with Crippen molar-refractivity contribution in [2.24, 2.45) is 5.73 Å². The Labute approximate surface area is 107 Å². The van der Waals surface area contributed by atoms with E-state index in [4.69, 9.17) is 10.8 Å². The predicted molar refractivity (Wildman–Crippen MR) is 73.9 cm³/mol. The fraction of sp³-hybridized carbons (Fsp3) is 0.462. The lowest BCUT2D eigenvalue weighted by molar-refractivity contribution is -0.115. The van der Waals surface area contributed by atoms with Gasteiger partial charge in [0.15, 0.2) is 0 Å².